The molecule has 3 amide bonds. The molecule has 0 radical (unpaired) electrons. The molecule has 2 atom stereocenters. The lowest BCUT2D eigenvalue weighted by molar-refractivity contribution is -0.127. The van der Waals surface area contributed by atoms with Crippen molar-refractivity contribution in [2.75, 3.05) is 20.1 Å². The lowest BCUT2D eigenvalue weighted by atomic mass is 9.99. The number of urea groups is 1. The lowest BCUT2D eigenvalue weighted by Gasteiger charge is -2.39. The van der Waals surface area contributed by atoms with Crippen LogP contribution < -0.4 is 5.32 Å². The number of piperidine rings is 1. The molecule has 3 aliphatic rings. The predicted molar refractivity (Wildman–Crippen MR) is 98.3 cm³/mol. The van der Waals surface area contributed by atoms with Gasteiger partial charge in [-0.25, -0.2) is 9.79 Å². The Hall–Kier alpha value is -2.57. The second-order valence-corrected chi connectivity index (χ2v) is 7.48. The van der Waals surface area contributed by atoms with E-state index in [1.54, 1.807) is 7.05 Å². The Bertz CT molecular complexity index is 727. The van der Waals surface area contributed by atoms with Gasteiger partial charge in [0.2, 0.25) is 0 Å². The number of rotatable bonds is 2. The van der Waals surface area contributed by atoms with Crippen LogP contribution in [0, 0.1) is 5.92 Å². The zero-order valence-corrected chi connectivity index (χ0v) is 15.3. The molecule has 138 valence electrons. The van der Waals surface area contributed by atoms with Crippen LogP contribution in [0.1, 0.15) is 25.3 Å². The van der Waals surface area contributed by atoms with Crippen molar-refractivity contribution in [3.63, 3.8) is 0 Å². The molecule has 0 spiro atoms. The minimum Gasteiger partial charge on any atom is -0.343 e. The standard InChI is InChI=1S/C19H25N5O2/c1-13-8-10-23(11-9-13)18-20-16-15(17(25)21-19(26)22(16)2)24(18)12-14-6-4-3-5-7-14/h3-7,13,15-16H,8-12H2,1-2H3,(H,21,25,26). The predicted octanol–water partition coefficient (Wildman–Crippen LogP) is 1.47. The molecular formula is C19H25N5O2. The molecule has 1 aromatic carbocycles. The fraction of sp³-hybridized carbons (Fsp3) is 0.526. The average Bonchev–Trinajstić information content (AvgIpc) is 3.01. The maximum absolute atomic E-state index is 12.6. The monoisotopic (exact) mass is 355 g/mol. The number of aliphatic imine (C=N–C) groups is 1. The third-order valence-corrected chi connectivity index (χ3v) is 5.60. The summed E-state index contributed by atoms with van der Waals surface area (Å²) >= 11 is 0. The van der Waals surface area contributed by atoms with E-state index < -0.39 is 12.2 Å². The van der Waals surface area contributed by atoms with Crippen LogP contribution >= 0.6 is 0 Å². The molecule has 0 aliphatic carbocycles. The van der Waals surface area contributed by atoms with Crippen LogP contribution in [0.5, 0.6) is 0 Å². The molecule has 0 aromatic heterocycles. The van der Waals surface area contributed by atoms with Crippen molar-refractivity contribution in [1.29, 1.82) is 0 Å². The molecule has 3 heterocycles. The summed E-state index contributed by atoms with van der Waals surface area (Å²) < 4.78 is 0. The highest BCUT2D eigenvalue weighted by Crippen LogP contribution is 2.29. The van der Waals surface area contributed by atoms with Crippen LogP contribution in [-0.2, 0) is 11.3 Å². The highest BCUT2D eigenvalue weighted by Gasteiger charge is 2.49. The van der Waals surface area contributed by atoms with Crippen molar-refractivity contribution < 1.29 is 9.59 Å². The smallest absolute Gasteiger partial charge is 0.325 e. The number of likely N-dealkylation sites (N-methyl/N-ethyl adjacent to an activating group) is 1. The molecule has 2 saturated heterocycles. The normalized spacial score (nSPS) is 26.7. The number of fused-ring (bicyclic) bond motifs is 1. The summed E-state index contributed by atoms with van der Waals surface area (Å²) in [5.74, 6) is 1.29. The second kappa shape index (κ2) is 6.63. The van der Waals surface area contributed by atoms with E-state index in [0.717, 1.165) is 37.5 Å². The molecule has 2 unspecified atom stereocenters. The number of carbonyl (C=O) groups is 2. The van der Waals surface area contributed by atoms with E-state index in [1.165, 1.54) is 4.90 Å². The molecule has 26 heavy (non-hydrogen) atoms. The van der Waals surface area contributed by atoms with Crippen molar-refractivity contribution in [3.8, 4) is 0 Å². The zero-order chi connectivity index (χ0) is 18.3. The first kappa shape index (κ1) is 16.9. The van der Waals surface area contributed by atoms with Gasteiger partial charge < -0.3 is 14.7 Å². The van der Waals surface area contributed by atoms with Crippen LogP contribution in [0.2, 0.25) is 0 Å². The van der Waals surface area contributed by atoms with E-state index >= 15 is 0 Å². The van der Waals surface area contributed by atoms with Crippen molar-refractivity contribution in [1.82, 2.24) is 20.0 Å². The van der Waals surface area contributed by atoms with Crippen molar-refractivity contribution in [2.45, 2.75) is 38.5 Å². The molecule has 1 aromatic rings. The molecule has 2 fully saturated rings. The second-order valence-electron chi connectivity index (χ2n) is 7.48. The average molecular weight is 355 g/mol. The quantitative estimate of drug-likeness (QED) is 0.872. The largest absolute Gasteiger partial charge is 0.343 e. The van der Waals surface area contributed by atoms with Crippen LogP contribution in [0.25, 0.3) is 0 Å². The Morgan fingerprint density at radius 2 is 1.85 bits per heavy atom. The van der Waals surface area contributed by atoms with Crippen LogP contribution in [0.3, 0.4) is 0 Å². The minimum atomic E-state index is -0.479. The number of benzene rings is 1. The maximum Gasteiger partial charge on any atom is 0.325 e. The van der Waals surface area contributed by atoms with Gasteiger partial charge in [-0.2, -0.15) is 0 Å². The van der Waals surface area contributed by atoms with Crippen molar-refractivity contribution in [2.24, 2.45) is 10.9 Å². The third kappa shape index (κ3) is 2.91. The Kier molecular flexibility index (Phi) is 4.30. The van der Waals surface area contributed by atoms with Gasteiger partial charge >= 0.3 is 6.03 Å². The van der Waals surface area contributed by atoms with Gasteiger partial charge in [0, 0.05) is 26.7 Å². The Morgan fingerprint density at radius 1 is 1.15 bits per heavy atom. The van der Waals surface area contributed by atoms with E-state index in [4.69, 9.17) is 4.99 Å². The number of imide groups is 1. The maximum atomic E-state index is 12.6. The van der Waals surface area contributed by atoms with E-state index in [0.29, 0.717) is 12.5 Å². The highest BCUT2D eigenvalue weighted by molar-refractivity contribution is 6.03. The topological polar surface area (TPSA) is 68.2 Å². The highest BCUT2D eigenvalue weighted by atomic mass is 16.2. The van der Waals surface area contributed by atoms with Gasteiger partial charge in [-0.05, 0) is 24.3 Å². The number of hydrogen-bond acceptors (Lipinski definition) is 5. The Balaban J connectivity index is 1.66. The van der Waals surface area contributed by atoms with Crippen molar-refractivity contribution >= 4 is 17.9 Å². The number of nitrogens with one attached hydrogen (secondary N) is 1. The number of hydrogen-bond donors (Lipinski definition) is 1. The molecular weight excluding hydrogens is 330 g/mol. The van der Waals surface area contributed by atoms with Gasteiger partial charge in [-0.15, -0.1) is 0 Å². The van der Waals surface area contributed by atoms with E-state index in [9.17, 15) is 9.59 Å². The van der Waals surface area contributed by atoms with Crippen LogP contribution in [-0.4, -0.2) is 64.9 Å². The number of amides is 3. The molecule has 7 heteroatoms. The molecule has 0 bridgehead atoms. The van der Waals surface area contributed by atoms with Gasteiger partial charge in [0.1, 0.15) is 0 Å². The molecule has 1 N–H and O–H groups in total. The molecule has 3 aliphatic heterocycles. The fourth-order valence-electron chi connectivity index (χ4n) is 3.93. The van der Waals surface area contributed by atoms with Gasteiger partial charge in [0.25, 0.3) is 5.91 Å². The summed E-state index contributed by atoms with van der Waals surface area (Å²) in [6.45, 7) is 4.74. The molecule has 4 rings (SSSR count). The first-order valence-electron chi connectivity index (χ1n) is 9.25. The minimum absolute atomic E-state index is 0.266. The number of nitrogens with zero attached hydrogens (tertiary/aromatic N) is 4. The Morgan fingerprint density at radius 3 is 2.54 bits per heavy atom. The van der Waals surface area contributed by atoms with E-state index in [2.05, 4.69) is 34.2 Å². The van der Waals surface area contributed by atoms with Crippen LogP contribution in [0.15, 0.2) is 35.3 Å². The summed E-state index contributed by atoms with van der Waals surface area (Å²) in [6.07, 6.45) is 1.78. The third-order valence-electron chi connectivity index (χ3n) is 5.60. The van der Waals surface area contributed by atoms with E-state index in [1.807, 2.05) is 18.2 Å². The first-order valence-corrected chi connectivity index (χ1v) is 9.25. The van der Waals surface area contributed by atoms with Gasteiger partial charge in [0.05, 0.1) is 0 Å². The molecule has 7 nitrogen and oxygen atoms in total. The van der Waals surface area contributed by atoms with Crippen LogP contribution in [0.4, 0.5) is 4.79 Å². The van der Waals surface area contributed by atoms with Gasteiger partial charge in [-0.1, -0.05) is 37.3 Å². The van der Waals surface area contributed by atoms with E-state index in [-0.39, 0.29) is 11.9 Å². The van der Waals surface area contributed by atoms with Gasteiger partial charge in [-0.3, -0.25) is 10.1 Å². The lowest BCUT2D eigenvalue weighted by Crippen LogP contribution is -2.64. The number of guanidine groups is 1. The van der Waals surface area contributed by atoms with Crippen molar-refractivity contribution in [3.05, 3.63) is 35.9 Å². The van der Waals surface area contributed by atoms with Gasteiger partial charge in [0.15, 0.2) is 18.2 Å². The SMILES string of the molecule is CC1CCN(C2=NC3C(C(=O)NC(=O)N3C)N2Cc2ccccc2)CC1. The zero-order valence-electron chi connectivity index (χ0n) is 15.3. The molecule has 0 saturated carbocycles. The first-order chi connectivity index (χ1) is 12.5. The number of likely N-dealkylation sites (tertiary alicyclic amines) is 1. The fourth-order valence-corrected chi connectivity index (χ4v) is 3.93. The summed E-state index contributed by atoms with van der Waals surface area (Å²) in [7, 11) is 1.70. The summed E-state index contributed by atoms with van der Waals surface area (Å²) in [5.41, 5.74) is 1.12. The summed E-state index contributed by atoms with van der Waals surface area (Å²) in [6, 6.07) is 9.23. The summed E-state index contributed by atoms with van der Waals surface area (Å²) in [5, 5.41) is 2.46. The Labute approximate surface area is 153 Å². The number of carbonyl (C=O) groups excluding carboxylic acids is 2. The summed E-state index contributed by atoms with van der Waals surface area (Å²) in [4.78, 5) is 35.3.